The second kappa shape index (κ2) is 5.44. The van der Waals surface area contributed by atoms with Gasteiger partial charge in [0.1, 0.15) is 5.75 Å². The van der Waals surface area contributed by atoms with Crippen LogP contribution in [0.15, 0.2) is 72.8 Å². The summed E-state index contributed by atoms with van der Waals surface area (Å²) in [4.78, 5) is 0. The third-order valence-corrected chi connectivity index (χ3v) is 4.37. The zero-order chi connectivity index (χ0) is 15.8. The standard InChI is InChI=1S/C22H18O/c1-15-7-10-21(22(11-15)23-2)19-9-8-18-12-16-5-3-4-6-17(16)13-20(18)14-19/h3-14H,1-2H3. The fourth-order valence-corrected chi connectivity index (χ4v) is 3.14. The topological polar surface area (TPSA) is 9.23 Å². The van der Waals surface area contributed by atoms with Crippen molar-refractivity contribution in [2.24, 2.45) is 0 Å². The Bertz CT molecular complexity index is 1010. The molecule has 0 bridgehead atoms. The van der Waals surface area contributed by atoms with E-state index in [2.05, 4.69) is 79.7 Å². The second-order valence-electron chi connectivity index (χ2n) is 5.97. The lowest BCUT2D eigenvalue weighted by Crippen LogP contribution is -1.89. The number of hydrogen-bond donors (Lipinski definition) is 0. The van der Waals surface area contributed by atoms with Gasteiger partial charge in [0.15, 0.2) is 0 Å². The van der Waals surface area contributed by atoms with Crippen molar-refractivity contribution < 1.29 is 4.74 Å². The van der Waals surface area contributed by atoms with Crippen LogP contribution in [0.5, 0.6) is 5.75 Å². The van der Waals surface area contributed by atoms with Gasteiger partial charge in [0.25, 0.3) is 0 Å². The van der Waals surface area contributed by atoms with E-state index < -0.39 is 0 Å². The summed E-state index contributed by atoms with van der Waals surface area (Å²) in [6.45, 7) is 2.08. The molecule has 0 saturated carbocycles. The Kier molecular flexibility index (Phi) is 3.27. The highest BCUT2D eigenvalue weighted by atomic mass is 16.5. The van der Waals surface area contributed by atoms with Gasteiger partial charge in [-0.25, -0.2) is 0 Å². The van der Waals surface area contributed by atoms with Crippen LogP contribution in [-0.4, -0.2) is 7.11 Å². The number of ether oxygens (including phenoxy) is 1. The highest BCUT2D eigenvalue weighted by molar-refractivity contribution is 5.99. The van der Waals surface area contributed by atoms with Gasteiger partial charge in [-0.2, -0.15) is 0 Å². The molecule has 0 amide bonds. The second-order valence-corrected chi connectivity index (χ2v) is 5.97. The van der Waals surface area contributed by atoms with Crippen molar-refractivity contribution in [2.75, 3.05) is 7.11 Å². The molecule has 0 N–H and O–H groups in total. The zero-order valence-electron chi connectivity index (χ0n) is 13.3. The summed E-state index contributed by atoms with van der Waals surface area (Å²) in [6, 6.07) is 25.9. The molecule has 1 heteroatoms. The van der Waals surface area contributed by atoms with Crippen LogP contribution in [0.4, 0.5) is 0 Å². The molecule has 0 atom stereocenters. The molecule has 4 aromatic carbocycles. The Morgan fingerprint density at radius 1 is 0.652 bits per heavy atom. The van der Waals surface area contributed by atoms with Crippen LogP contribution in [0.1, 0.15) is 5.56 Å². The first-order valence-corrected chi connectivity index (χ1v) is 7.82. The Morgan fingerprint density at radius 3 is 2.09 bits per heavy atom. The molecule has 0 radical (unpaired) electrons. The molecule has 0 unspecified atom stereocenters. The van der Waals surface area contributed by atoms with Gasteiger partial charge >= 0.3 is 0 Å². The molecule has 0 aliphatic heterocycles. The van der Waals surface area contributed by atoms with Crippen molar-refractivity contribution in [3.05, 3.63) is 78.4 Å². The summed E-state index contributed by atoms with van der Waals surface area (Å²) >= 11 is 0. The first-order chi connectivity index (χ1) is 11.2. The summed E-state index contributed by atoms with van der Waals surface area (Å²) in [6.07, 6.45) is 0. The Labute approximate surface area is 136 Å². The smallest absolute Gasteiger partial charge is 0.126 e. The van der Waals surface area contributed by atoms with E-state index in [1.165, 1.54) is 32.7 Å². The number of fused-ring (bicyclic) bond motifs is 2. The van der Waals surface area contributed by atoms with Gasteiger partial charge in [-0.05, 0) is 63.9 Å². The molecule has 0 fully saturated rings. The molecule has 0 aliphatic carbocycles. The highest BCUT2D eigenvalue weighted by Crippen LogP contribution is 2.33. The summed E-state index contributed by atoms with van der Waals surface area (Å²) < 4.78 is 5.56. The number of aryl methyl sites for hydroxylation is 1. The van der Waals surface area contributed by atoms with Crippen LogP contribution in [0.3, 0.4) is 0 Å². The van der Waals surface area contributed by atoms with Crippen molar-refractivity contribution in [3.63, 3.8) is 0 Å². The van der Waals surface area contributed by atoms with Crippen LogP contribution in [0, 0.1) is 6.92 Å². The van der Waals surface area contributed by atoms with Crippen molar-refractivity contribution in [3.8, 4) is 16.9 Å². The maximum Gasteiger partial charge on any atom is 0.126 e. The maximum absolute atomic E-state index is 5.56. The quantitative estimate of drug-likeness (QED) is 0.414. The van der Waals surface area contributed by atoms with Crippen molar-refractivity contribution in [1.29, 1.82) is 0 Å². The Hall–Kier alpha value is -2.80. The number of methoxy groups -OCH3 is 1. The molecular weight excluding hydrogens is 280 g/mol. The highest BCUT2D eigenvalue weighted by Gasteiger charge is 2.07. The van der Waals surface area contributed by atoms with E-state index in [1.54, 1.807) is 7.11 Å². The van der Waals surface area contributed by atoms with Gasteiger partial charge in [0.05, 0.1) is 7.11 Å². The normalized spacial score (nSPS) is 11.0. The maximum atomic E-state index is 5.56. The lowest BCUT2D eigenvalue weighted by atomic mass is 9.97. The van der Waals surface area contributed by atoms with Crippen LogP contribution in [0.25, 0.3) is 32.7 Å². The molecule has 4 aromatic rings. The fourth-order valence-electron chi connectivity index (χ4n) is 3.14. The van der Waals surface area contributed by atoms with E-state index in [-0.39, 0.29) is 0 Å². The molecule has 23 heavy (non-hydrogen) atoms. The monoisotopic (exact) mass is 298 g/mol. The molecule has 0 heterocycles. The molecule has 0 aliphatic rings. The predicted molar refractivity (Wildman–Crippen MR) is 98.2 cm³/mol. The lowest BCUT2D eigenvalue weighted by Gasteiger charge is -2.11. The van der Waals surface area contributed by atoms with E-state index in [0.29, 0.717) is 0 Å². The molecule has 0 aromatic heterocycles. The molecule has 1 nitrogen and oxygen atoms in total. The zero-order valence-corrected chi connectivity index (χ0v) is 13.3. The lowest BCUT2D eigenvalue weighted by molar-refractivity contribution is 0.416. The van der Waals surface area contributed by atoms with Crippen molar-refractivity contribution in [2.45, 2.75) is 6.92 Å². The minimum Gasteiger partial charge on any atom is -0.496 e. The number of hydrogen-bond acceptors (Lipinski definition) is 1. The van der Waals surface area contributed by atoms with Gasteiger partial charge in [-0.3, -0.25) is 0 Å². The third-order valence-electron chi connectivity index (χ3n) is 4.37. The average Bonchev–Trinajstić information content (AvgIpc) is 2.59. The molecule has 0 spiro atoms. The van der Waals surface area contributed by atoms with Crippen LogP contribution in [0.2, 0.25) is 0 Å². The number of benzene rings is 4. The average molecular weight is 298 g/mol. The Balaban J connectivity index is 1.93. The van der Waals surface area contributed by atoms with Crippen LogP contribution < -0.4 is 4.74 Å². The van der Waals surface area contributed by atoms with Gasteiger partial charge in [0, 0.05) is 5.56 Å². The predicted octanol–water partition coefficient (Wildman–Crippen LogP) is 5.98. The van der Waals surface area contributed by atoms with E-state index in [1.807, 2.05) is 0 Å². The van der Waals surface area contributed by atoms with Crippen LogP contribution >= 0.6 is 0 Å². The van der Waals surface area contributed by atoms with Crippen molar-refractivity contribution in [1.82, 2.24) is 0 Å². The summed E-state index contributed by atoms with van der Waals surface area (Å²) in [7, 11) is 1.73. The van der Waals surface area contributed by atoms with E-state index in [4.69, 9.17) is 4.74 Å². The summed E-state index contributed by atoms with van der Waals surface area (Å²) in [5.74, 6) is 0.921. The summed E-state index contributed by atoms with van der Waals surface area (Å²) in [5.41, 5.74) is 3.52. The largest absolute Gasteiger partial charge is 0.496 e. The summed E-state index contributed by atoms with van der Waals surface area (Å²) in [5, 5.41) is 5.07. The van der Waals surface area contributed by atoms with Gasteiger partial charge < -0.3 is 4.74 Å². The number of rotatable bonds is 2. The Morgan fingerprint density at radius 2 is 1.35 bits per heavy atom. The van der Waals surface area contributed by atoms with E-state index >= 15 is 0 Å². The first-order valence-electron chi connectivity index (χ1n) is 7.82. The minimum absolute atomic E-state index is 0.921. The first kappa shape index (κ1) is 13.8. The molecule has 4 rings (SSSR count). The third kappa shape index (κ3) is 2.44. The molecule has 0 saturated heterocycles. The van der Waals surface area contributed by atoms with E-state index in [9.17, 15) is 0 Å². The van der Waals surface area contributed by atoms with Crippen LogP contribution in [-0.2, 0) is 0 Å². The minimum atomic E-state index is 0.921. The molecular formula is C22H18O. The van der Waals surface area contributed by atoms with Gasteiger partial charge in [0.2, 0.25) is 0 Å². The van der Waals surface area contributed by atoms with E-state index in [0.717, 1.165) is 11.3 Å². The van der Waals surface area contributed by atoms with Crippen molar-refractivity contribution >= 4 is 21.5 Å². The SMILES string of the molecule is COc1cc(C)ccc1-c1ccc2cc3ccccc3cc2c1. The molecule has 112 valence electrons. The van der Waals surface area contributed by atoms with Gasteiger partial charge in [-0.1, -0.05) is 48.5 Å². The van der Waals surface area contributed by atoms with Gasteiger partial charge in [-0.15, -0.1) is 0 Å². The fraction of sp³-hybridized carbons (Fsp3) is 0.0909.